The minimum Gasteiger partial charge on any atom is -0.448 e. The van der Waals surface area contributed by atoms with Crippen LogP contribution in [-0.2, 0) is 14.3 Å². The second kappa shape index (κ2) is 6.86. The third kappa shape index (κ3) is 2.73. The number of benzene rings is 2. The van der Waals surface area contributed by atoms with Crippen molar-refractivity contribution in [1.82, 2.24) is 10.2 Å². The van der Waals surface area contributed by atoms with E-state index in [2.05, 4.69) is 29.6 Å². The Morgan fingerprint density at radius 3 is 2.31 bits per heavy atom. The predicted octanol–water partition coefficient (Wildman–Crippen LogP) is 1.50. The smallest absolute Gasteiger partial charge is 0.411 e. The Balaban J connectivity index is 1.40. The number of hydrogen-bond donors (Lipinski definition) is 2. The third-order valence-corrected chi connectivity index (χ3v) is 6.16. The van der Waals surface area contributed by atoms with Crippen molar-refractivity contribution in [2.45, 2.75) is 17.5 Å². The van der Waals surface area contributed by atoms with Crippen molar-refractivity contribution < 1.29 is 24.2 Å². The number of aliphatic hydroxyl groups is 1. The quantitative estimate of drug-likeness (QED) is 0.824. The lowest BCUT2D eigenvalue weighted by Gasteiger charge is -2.53. The van der Waals surface area contributed by atoms with Crippen molar-refractivity contribution >= 4 is 12.0 Å². The average molecular weight is 394 g/mol. The number of amides is 2. The number of hydrogen-bond acceptors (Lipinski definition) is 5. The lowest BCUT2D eigenvalue weighted by molar-refractivity contribution is -0.170. The van der Waals surface area contributed by atoms with Crippen molar-refractivity contribution in [3.05, 3.63) is 59.7 Å². The topological polar surface area (TPSA) is 88.1 Å². The standard InChI is InChI=1S/C22H22N2O5/c25-9-19-20(26)23-11-22(12-28-13-22)24(19)21(27)29-10-18-16-7-3-1-5-14(16)15-6-2-4-8-17(15)18/h1-8,18-19,25H,9-13H2,(H,23,26). The number of piperazine rings is 1. The highest BCUT2D eigenvalue weighted by molar-refractivity contribution is 5.88. The first kappa shape index (κ1) is 18.1. The molecule has 2 N–H and O–H groups in total. The van der Waals surface area contributed by atoms with Gasteiger partial charge in [0.1, 0.15) is 18.2 Å². The molecule has 1 spiro atoms. The maximum Gasteiger partial charge on any atom is 0.411 e. The summed E-state index contributed by atoms with van der Waals surface area (Å²) in [6.07, 6.45) is -0.593. The van der Waals surface area contributed by atoms with Crippen LogP contribution in [0.25, 0.3) is 11.1 Å². The van der Waals surface area contributed by atoms with Gasteiger partial charge in [0, 0.05) is 12.5 Å². The van der Waals surface area contributed by atoms with Gasteiger partial charge in [-0.15, -0.1) is 0 Å². The van der Waals surface area contributed by atoms with Gasteiger partial charge in [0.05, 0.1) is 19.8 Å². The van der Waals surface area contributed by atoms with Crippen LogP contribution in [0.1, 0.15) is 17.0 Å². The number of rotatable bonds is 3. The number of aliphatic hydroxyl groups excluding tert-OH is 1. The summed E-state index contributed by atoms with van der Waals surface area (Å²) in [7, 11) is 0. The van der Waals surface area contributed by atoms with Gasteiger partial charge in [-0.3, -0.25) is 9.69 Å². The van der Waals surface area contributed by atoms with E-state index < -0.39 is 24.3 Å². The first-order chi connectivity index (χ1) is 14.1. The van der Waals surface area contributed by atoms with E-state index >= 15 is 0 Å². The van der Waals surface area contributed by atoms with E-state index in [0.717, 1.165) is 22.3 Å². The fourth-order valence-electron chi connectivity index (χ4n) is 4.63. The van der Waals surface area contributed by atoms with Gasteiger partial charge in [0.25, 0.3) is 0 Å². The molecule has 1 unspecified atom stereocenters. The Labute approximate surface area is 168 Å². The zero-order chi connectivity index (χ0) is 20.0. The second-order valence-corrected chi connectivity index (χ2v) is 7.81. The van der Waals surface area contributed by atoms with Crippen LogP contribution in [0, 0.1) is 0 Å². The van der Waals surface area contributed by atoms with Gasteiger partial charge in [0.2, 0.25) is 5.91 Å². The lowest BCUT2D eigenvalue weighted by Crippen LogP contribution is -2.77. The number of nitrogens with zero attached hydrogens (tertiary/aromatic N) is 1. The number of fused-ring (bicyclic) bond motifs is 3. The van der Waals surface area contributed by atoms with Crippen LogP contribution < -0.4 is 5.32 Å². The van der Waals surface area contributed by atoms with E-state index in [1.807, 2.05) is 24.3 Å². The molecule has 3 aliphatic rings. The van der Waals surface area contributed by atoms with Gasteiger partial charge in [0.15, 0.2) is 0 Å². The molecule has 150 valence electrons. The van der Waals surface area contributed by atoms with Gasteiger partial charge in [-0.05, 0) is 22.3 Å². The summed E-state index contributed by atoms with van der Waals surface area (Å²) in [5.74, 6) is -0.440. The molecule has 2 amide bonds. The third-order valence-electron chi connectivity index (χ3n) is 6.16. The van der Waals surface area contributed by atoms with E-state index in [-0.39, 0.29) is 18.4 Å². The molecule has 7 heteroatoms. The molecule has 2 heterocycles. The Morgan fingerprint density at radius 1 is 1.14 bits per heavy atom. The van der Waals surface area contributed by atoms with Crippen molar-refractivity contribution in [2.24, 2.45) is 0 Å². The zero-order valence-corrected chi connectivity index (χ0v) is 15.8. The molecule has 2 aromatic carbocycles. The molecule has 0 bridgehead atoms. The number of nitrogens with one attached hydrogen (secondary N) is 1. The summed E-state index contributed by atoms with van der Waals surface area (Å²) in [5.41, 5.74) is 3.90. The summed E-state index contributed by atoms with van der Waals surface area (Å²) < 4.78 is 11.0. The maximum absolute atomic E-state index is 13.1. The highest BCUT2D eigenvalue weighted by Gasteiger charge is 2.55. The van der Waals surface area contributed by atoms with E-state index in [1.165, 1.54) is 4.90 Å². The molecular formula is C22H22N2O5. The highest BCUT2D eigenvalue weighted by Crippen LogP contribution is 2.44. The lowest BCUT2D eigenvalue weighted by atomic mass is 9.90. The van der Waals surface area contributed by atoms with Crippen LogP contribution in [0.5, 0.6) is 0 Å². The molecule has 5 rings (SSSR count). The van der Waals surface area contributed by atoms with Crippen LogP contribution in [0.4, 0.5) is 4.79 Å². The van der Waals surface area contributed by atoms with Crippen LogP contribution in [-0.4, -0.2) is 66.6 Å². The maximum atomic E-state index is 13.1. The van der Waals surface area contributed by atoms with Crippen LogP contribution >= 0.6 is 0 Å². The van der Waals surface area contributed by atoms with Gasteiger partial charge in [-0.1, -0.05) is 48.5 Å². The summed E-state index contributed by atoms with van der Waals surface area (Å²) in [5, 5.41) is 12.5. The predicted molar refractivity (Wildman–Crippen MR) is 104 cm³/mol. The molecule has 7 nitrogen and oxygen atoms in total. The molecular weight excluding hydrogens is 372 g/mol. The molecule has 1 atom stereocenters. The fraction of sp³-hybridized carbons (Fsp3) is 0.364. The first-order valence-electron chi connectivity index (χ1n) is 9.75. The van der Waals surface area contributed by atoms with Gasteiger partial charge in [-0.2, -0.15) is 0 Å². The van der Waals surface area contributed by atoms with E-state index in [0.29, 0.717) is 19.8 Å². The normalized spacial score (nSPS) is 21.9. The Kier molecular flexibility index (Phi) is 4.29. The highest BCUT2D eigenvalue weighted by atomic mass is 16.6. The van der Waals surface area contributed by atoms with Crippen molar-refractivity contribution in [3.63, 3.8) is 0 Å². The van der Waals surface area contributed by atoms with Crippen molar-refractivity contribution in [2.75, 3.05) is 33.0 Å². The molecule has 2 aliphatic heterocycles. The largest absolute Gasteiger partial charge is 0.448 e. The van der Waals surface area contributed by atoms with E-state index in [1.54, 1.807) is 0 Å². The van der Waals surface area contributed by atoms with E-state index in [4.69, 9.17) is 9.47 Å². The first-order valence-corrected chi connectivity index (χ1v) is 9.75. The molecule has 0 radical (unpaired) electrons. The second-order valence-electron chi connectivity index (χ2n) is 7.81. The molecule has 0 saturated carbocycles. The van der Waals surface area contributed by atoms with Gasteiger partial charge >= 0.3 is 6.09 Å². The minimum absolute atomic E-state index is 0.0638. The molecule has 0 aromatic heterocycles. The van der Waals surface area contributed by atoms with Crippen molar-refractivity contribution in [3.8, 4) is 11.1 Å². The Hall–Kier alpha value is -2.90. The summed E-state index contributed by atoms with van der Waals surface area (Å²) in [6.45, 7) is 0.631. The Bertz CT molecular complexity index is 926. The average Bonchev–Trinajstić information content (AvgIpc) is 3.04. The SMILES string of the molecule is O=C1NCC2(COC2)N(C(=O)OCC2c3ccccc3-c3ccccc32)C1CO. The number of ether oxygens (including phenoxy) is 2. The molecule has 29 heavy (non-hydrogen) atoms. The Morgan fingerprint density at radius 2 is 1.76 bits per heavy atom. The molecule has 2 saturated heterocycles. The van der Waals surface area contributed by atoms with Crippen LogP contribution in [0.3, 0.4) is 0 Å². The van der Waals surface area contributed by atoms with Crippen LogP contribution in [0.2, 0.25) is 0 Å². The summed E-state index contributed by atoms with van der Waals surface area (Å²) >= 11 is 0. The molecule has 2 aromatic rings. The summed E-state index contributed by atoms with van der Waals surface area (Å²) in [4.78, 5) is 26.6. The van der Waals surface area contributed by atoms with Crippen molar-refractivity contribution in [1.29, 1.82) is 0 Å². The fourth-order valence-corrected chi connectivity index (χ4v) is 4.63. The number of carbonyl (C=O) groups is 2. The molecule has 1 aliphatic carbocycles. The van der Waals surface area contributed by atoms with E-state index in [9.17, 15) is 14.7 Å². The van der Waals surface area contributed by atoms with Gasteiger partial charge in [-0.25, -0.2) is 4.79 Å². The minimum atomic E-state index is -0.969. The van der Waals surface area contributed by atoms with Gasteiger partial charge < -0.3 is 19.9 Å². The summed E-state index contributed by atoms with van der Waals surface area (Å²) in [6, 6.07) is 15.3. The molecule has 2 fully saturated rings. The van der Waals surface area contributed by atoms with Crippen LogP contribution in [0.15, 0.2) is 48.5 Å². The zero-order valence-electron chi connectivity index (χ0n) is 15.8. The monoisotopic (exact) mass is 394 g/mol. The number of carbonyl (C=O) groups excluding carboxylic acids is 2.